The molecule has 2 fully saturated rings. The van der Waals surface area contributed by atoms with Gasteiger partial charge >= 0.3 is 0 Å². The second kappa shape index (κ2) is 4.81. The highest BCUT2D eigenvalue weighted by molar-refractivity contribution is 7.89. The minimum atomic E-state index is -3.48. The van der Waals surface area contributed by atoms with Crippen molar-refractivity contribution in [3.8, 4) is 0 Å². The lowest BCUT2D eigenvalue weighted by Crippen LogP contribution is -2.33. The first kappa shape index (κ1) is 14.5. The molecule has 0 saturated carbocycles. The number of carbonyl (C=O) groups is 1. The average Bonchev–Trinajstić information content (AvgIpc) is 3.00. The van der Waals surface area contributed by atoms with Crippen molar-refractivity contribution in [3.05, 3.63) is 29.3 Å². The summed E-state index contributed by atoms with van der Waals surface area (Å²) in [4.78, 5) is 11.8. The molecule has 0 aliphatic carbocycles. The van der Waals surface area contributed by atoms with Gasteiger partial charge in [-0.3, -0.25) is 4.79 Å². The number of rotatable bonds is 2. The monoisotopic (exact) mass is 308 g/mol. The number of hydrogen-bond donors (Lipinski definition) is 1. The number of nitrogens with one attached hydrogen (secondary N) is 1. The maximum Gasteiger partial charge on any atom is 0.243 e. The van der Waals surface area contributed by atoms with Crippen LogP contribution in [0.5, 0.6) is 0 Å². The summed E-state index contributed by atoms with van der Waals surface area (Å²) in [5, 5.41) is 2.82. The summed E-state index contributed by atoms with van der Waals surface area (Å²) in [7, 11) is -3.48. The summed E-state index contributed by atoms with van der Waals surface area (Å²) in [6.07, 6.45) is 1.18. The van der Waals surface area contributed by atoms with E-state index in [1.54, 1.807) is 6.07 Å². The zero-order valence-electron chi connectivity index (χ0n) is 12.3. The topological polar surface area (TPSA) is 66.5 Å². The second-order valence-corrected chi connectivity index (χ2v) is 8.22. The van der Waals surface area contributed by atoms with Crippen LogP contribution < -0.4 is 5.32 Å². The quantitative estimate of drug-likeness (QED) is 0.893. The molecule has 114 valence electrons. The van der Waals surface area contributed by atoms with E-state index in [0.717, 1.165) is 17.5 Å². The van der Waals surface area contributed by atoms with Crippen molar-refractivity contribution in [1.82, 2.24) is 9.62 Å². The van der Waals surface area contributed by atoms with Crippen LogP contribution >= 0.6 is 0 Å². The highest BCUT2D eigenvalue weighted by Crippen LogP contribution is 2.39. The summed E-state index contributed by atoms with van der Waals surface area (Å²) in [6.45, 7) is 5.22. The predicted octanol–water partition coefficient (Wildman–Crippen LogP) is 1.20. The molecule has 1 N–H and O–H groups in total. The normalized spacial score (nSPS) is 26.5. The highest BCUT2D eigenvalue weighted by atomic mass is 32.2. The zero-order chi connectivity index (χ0) is 15.3. The summed E-state index contributed by atoms with van der Waals surface area (Å²) in [5.41, 5.74) is 1.50. The molecule has 5 nitrogen and oxygen atoms in total. The zero-order valence-corrected chi connectivity index (χ0v) is 13.2. The van der Waals surface area contributed by atoms with Gasteiger partial charge in [0.05, 0.1) is 4.90 Å². The average molecular weight is 308 g/mol. The Morgan fingerprint density at radius 1 is 1.29 bits per heavy atom. The van der Waals surface area contributed by atoms with Crippen LogP contribution in [0.1, 0.15) is 24.0 Å². The van der Waals surface area contributed by atoms with Crippen LogP contribution in [-0.4, -0.2) is 38.3 Å². The Balaban J connectivity index is 1.90. The number of sulfonamides is 1. The van der Waals surface area contributed by atoms with E-state index in [-0.39, 0.29) is 11.3 Å². The van der Waals surface area contributed by atoms with Crippen molar-refractivity contribution >= 4 is 15.9 Å². The van der Waals surface area contributed by atoms with Gasteiger partial charge in [-0.1, -0.05) is 12.1 Å². The van der Waals surface area contributed by atoms with Gasteiger partial charge in [0.15, 0.2) is 0 Å². The van der Waals surface area contributed by atoms with E-state index in [1.165, 1.54) is 4.31 Å². The van der Waals surface area contributed by atoms with E-state index in [9.17, 15) is 13.2 Å². The number of aryl methyl sites for hydroxylation is 2. The van der Waals surface area contributed by atoms with Gasteiger partial charge < -0.3 is 5.32 Å². The van der Waals surface area contributed by atoms with E-state index in [1.807, 2.05) is 26.0 Å². The molecule has 21 heavy (non-hydrogen) atoms. The maximum atomic E-state index is 12.8. The van der Waals surface area contributed by atoms with Gasteiger partial charge in [0.1, 0.15) is 0 Å². The summed E-state index contributed by atoms with van der Waals surface area (Å²) >= 11 is 0. The minimum absolute atomic E-state index is 0.0287. The predicted molar refractivity (Wildman–Crippen MR) is 79.4 cm³/mol. The lowest BCUT2D eigenvalue weighted by atomic mass is 9.86. The van der Waals surface area contributed by atoms with Crippen LogP contribution in [-0.2, 0) is 14.8 Å². The highest BCUT2D eigenvalue weighted by Gasteiger charge is 2.47. The first-order chi connectivity index (χ1) is 9.82. The van der Waals surface area contributed by atoms with Crippen molar-refractivity contribution in [1.29, 1.82) is 0 Å². The Morgan fingerprint density at radius 3 is 2.71 bits per heavy atom. The van der Waals surface area contributed by atoms with Crippen LogP contribution in [0, 0.1) is 19.3 Å². The van der Waals surface area contributed by atoms with Crippen LogP contribution in [0.3, 0.4) is 0 Å². The third-order valence-corrected chi connectivity index (χ3v) is 6.55. The smallest absolute Gasteiger partial charge is 0.243 e. The molecule has 1 aromatic rings. The molecule has 2 aliphatic rings. The summed E-state index contributed by atoms with van der Waals surface area (Å²) in [5.74, 6) is 0.0287. The van der Waals surface area contributed by atoms with Crippen molar-refractivity contribution in [2.24, 2.45) is 5.41 Å². The Labute approximate surface area is 125 Å². The molecular formula is C15H20N2O3S. The number of hydrogen-bond acceptors (Lipinski definition) is 3. The maximum absolute atomic E-state index is 12.8. The largest absolute Gasteiger partial charge is 0.355 e. The number of carbonyl (C=O) groups excluding carboxylic acids is 1. The Hall–Kier alpha value is -1.40. The lowest BCUT2D eigenvalue weighted by molar-refractivity contribution is -0.119. The molecule has 0 radical (unpaired) electrons. The van der Waals surface area contributed by atoms with E-state index < -0.39 is 10.0 Å². The van der Waals surface area contributed by atoms with Crippen molar-refractivity contribution in [3.63, 3.8) is 0 Å². The third-order valence-electron chi connectivity index (χ3n) is 4.56. The van der Waals surface area contributed by atoms with Gasteiger partial charge in [0, 0.05) is 31.5 Å². The van der Waals surface area contributed by atoms with Crippen LogP contribution in [0.4, 0.5) is 0 Å². The fourth-order valence-electron chi connectivity index (χ4n) is 3.26. The molecule has 1 aromatic carbocycles. The minimum Gasteiger partial charge on any atom is -0.355 e. The molecule has 0 aromatic heterocycles. The van der Waals surface area contributed by atoms with Crippen molar-refractivity contribution < 1.29 is 13.2 Å². The molecule has 2 saturated heterocycles. The molecule has 1 amide bonds. The molecule has 2 heterocycles. The third kappa shape index (κ3) is 2.46. The standard InChI is InChI=1S/C15H20N2O3S/c1-11-3-4-12(2)13(7-11)21(19,20)17-6-5-15(10-17)8-14(18)16-9-15/h3-4,7H,5-6,8-10H2,1-2H3,(H,16,18). The van der Waals surface area contributed by atoms with Gasteiger partial charge in [-0.2, -0.15) is 4.31 Å². The first-order valence-electron chi connectivity index (χ1n) is 7.17. The second-order valence-electron chi connectivity index (χ2n) is 6.31. The fourth-order valence-corrected chi connectivity index (χ4v) is 5.13. The Morgan fingerprint density at radius 2 is 2.05 bits per heavy atom. The van der Waals surface area contributed by atoms with Gasteiger partial charge in [0.25, 0.3) is 0 Å². The van der Waals surface area contributed by atoms with E-state index >= 15 is 0 Å². The van der Waals surface area contributed by atoms with Gasteiger partial charge in [-0.15, -0.1) is 0 Å². The van der Waals surface area contributed by atoms with Crippen LogP contribution in [0.25, 0.3) is 0 Å². The molecule has 1 atom stereocenters. The lowest BCUT2D eigenvalue weighted by Gasteiger charge is -2.22. The SMILES string of the molecule is Cc1ccc(C)c(S(=O)(=O)N2CCC3(CNC(=O)C3)C2)c1. The Kier molecular flexibility index (Phi) is 3.33. The van der Waals surface area contributed by atoms with Crippen LogP contribution in [0.2, 0.25) is 0 Å². The number of amides is 1. The molecule has 2 aliphatic heterocycles. The number of nitrogens with zero attached hydrogens (tertiary/aromatic N) is 1. The molecule has 6 heteroatoms. The van der Waals surface area contributed by atoms with Crippen molar-refractivity contribution in [2.45, 2.75) is 31.6 Å². The summed E-state index contributed by atoms with van der Waals surface area (Å²) in [6, 6.07) is 5.49. The molecule has 1 spiro atoms. The summed E-state index contributed by atoms with van der Waals surface area (Å²) < 4.78 is 27.2. The van der Waals surface area contributed by atoms with E-state index in [4.69, 9.17) is 0 Å². The molecule has 3 rings (SSSR count). The van der Waals surface area contributed by atoms with E-state index in [0.29, 0.717) is 31.0 Å². The molecule has 0 bridgehead atoms. The van der Waals surface area contributed by atoms with E-state index in [2.05, 4.69) is 5.32 Å². The Bertz CT molecular complexity index is 699. The van der Waals surface area contributed by atoms with Crippen molar-refractivity contribution in [2.75, 3.05) is 19.6 Å². The molecule has 1 unspecified atom stereocenters. The van der Waals surface area contributed by atoms with Gasteiger partial charge in [-0.25, -0.2) is 8.42 Å². The first-order valence-corrected chi connectivity index (χ1v) is 8.61. The fraction of sp³-hybridized carbons (Fsp3) is 0.533. The number of benzene rings is 1. The van der Waals surface area contributed by atoms with Gasteiger partial charge in [-0.05, 0) is 37.5 Å². The van der Waals surface area contributed by atoms with Crippen LogP contribution in [0.15, 0.2) is 23.1 Å². The molecular weight excluding hydrogens is 288 g/mol. The van der Waals surface area contributed by atoms with Gasteiger partial charge in [0.2, 0.25) is 15.9 Å².